The summed E-state index contributed by atoms with van der Waals surface area (Å²) in [6, 6.07) is 11.3. The van der Waals surface area contributed by atoms with Gasteiger partial charge >= 0.3 is 0 Å². The third-order valence-electron chi connectivity index (χ3n) is 3.74. The smallest absolute Gasteiger partial charge is 0.236 e. The lowest BCUT2D eigenvalue weighted by Crippen LogP contribution is -2.15. The van der Waals surface area contributed by atoms with Crippen molar-refractivity contribution in [3.05, 3.63) is 65.8 Å². The van der Waals surface area contributed by atoms with Crippen molar-refractivity contribution >= 4 is 35.1 Å². The van der Waals surface area contributed by atoms with Crippen molar-refractivity contribution in [2.45, 2.75) is 18.6 Å². The van der Waals surface area contributed by atoms with Gasteiger partial charge in [0.2, 0.25) is 5.91 Å². The highest BCUT2D eigenvalue weighted by Gasteiger charge is 2.16. The molecule has 0 saturated carbocycles. The summed E-state index contributed by atoms with van der Waals surface area (Å²) in [5, 5.41) is 12.5. The summed E-state index contributed by atoms with van der Waals surface area (Å²) in [6.45, 7) is 6.39. The van der Waals surface area contributed by atoms with Crippen LogP contribution in [-0.4, -0.2) is 31.4 Å². The number of aryl methyl sites for hydroxylation is 1. The summed E-state index contributed by atoms with van der Waals surface area (Å²) in [6.07, 6.45) is 3.27. The molecule has 3 rings (SSSR count). The number of amides is 1. The number of benzene rings is 1. The Morgan fingerprint density at radius 3 is 2.81 bits per heavy atom. The highest BCUT2D eigenvalue weighted by atomic mass is 35.5. The van der Waals surface area contributed by atoms with E-state index < -0.39 is 0 Å². The van der Waals surface area contributed by atoms with Crippen molar-refractivity contribution in [3.8, 4) is 11.4 Å². The molecule has 6 nitrogen and oxygen atoms in total. The van der Waals surface area contributed by atoms with Gasteiger partial charge in [0.05, 0.1) is 10.8 Å². The lowest BCUT2D eigenvalue weighted by atomic mass is 10.1. The quantitative estimate of drug-likeness (QED) is 0.475. The average molecular weight is 400 g/mol. The molecular formula is C19H18ClN5OS. The molecule has 1 N–H and O–H groups in total. The van der Waals surface area contributed by atoms with Crippen molar-refractivity contribution in [1.29, 1.82) is 0 Å². The number of halogens is 1. The van der Waals surface area contributed by atoms with Crippen molar-refractivity contribution in [3.63, 3.8) is 0 Å². The second-order valence-electron chi connectivity index (χ2n) is 5.72. The molecule has 0 aliphatic carbocycles. The fraction of sp³-hybridized carbons (Fsp3) is 0.158. The van der Waals surface area contributed by atoms with E-state index in [0.717, 1.165) is 17.0 Å². The first-order chi connectivity index (χ1) is 13.1. The normalized spacial score (nSPS) is 10.6. The molecule has 0 radical (unpaired) electrons. The number of carbonyl (C=O) groups is 1. The minimum Gasteiger partial charge on any atom is -0.310 e. The fourth-order valence-electron chi connectivity index (χ4n) is 2.47. The standard InChI is InChI=1S/C19H18ClN5OS/c1-3-10-25-18(15-7-5-4-6-13(15)2)23-24-19(25)27-12-17(26)22-16-9-8-14(20)11-21-16/h3-9,11H,1,10,12H2,2H3,(H,21,22,26). The van der Waals surface area contributed by atoms with Gasteiger partial charge in [-0.3, -0.25) is 9.36 Å². The van der Waals surface area contributed by atoms with Crippen LogP contribution in [0.2, 0.25) is 5.02 Å². The second-order valence-corrected chi connectivity index (χ2v) is 7.10. The number of rotatable bonds is 7. The minimum absolute atomic E-state index is 0.180. The molecule has 0 unspecified atom stereocenters. The second kappa shape index (κ2) is 8.83. The monoisotopic (exact) mass is 399 g/mol. The first-order valence-electron chi connectivity index (χ1n) is 8.23. The molecule has 0 fully saturated rings. The van der Waals surface area contributed by atoms with Crippen LogP contribution in [0.3, 0.4) is 0 Å². The lowest BCUT2D eigenvalue weighted by Gasteiger charge is -2.09. The van der Waals surface area contributed by atoms with E-state index in [1.165, 1.54) is 18.0 Å². The summed E-state index contributed by atoms with van der Waals surface area (Å²) < 4.78 is 1.95. The number of thioether (sulfide) groups is 1. The highest BCUT2D eigenvalue weighted by molar-refractivity contribution is 7.99. The summed E-state index contributed by atoms with van der Waals surface area (Å²) in [4.78, 5) is 16.2. The van der Waals surface area contributed by atoms with E-state index >= 15 is 0 Å². The Kier molecular flexibility index (Phi) is 6.26. The molecule has 0 spiro atoms. The number of nitrogens with zero attached hydrogens (tertiary/aromatic N) is 4. The fourth-order valence-corrected chi connectivity index (χ4v) is 3.33. The minimum atomic E-state index is -0.180. The van der Waals surface area contributed by atoms with Crippen LogP contribution in [0.5, 0.6) is 0 Å². The van der Waals surface area contributed by atoms with Gasteiger partial charge in [0.1, 0.15) is 5.82 Å². The Bertz CT molecular complexity index is 955. The van der Waals surface area contributed by atoms with Crippen molar-refractivity contribution in [1.82, 2.24) is 19.7 Å². The number of anilines is 1. The molecule has 1 aromatic carbocycles. The summed E-state index contributed by atoms with van der Waals surface area (Å²) in [5.41, 5.74) is 2.12. The maximum Gasteiger partial charge on any atom is 0.236 e. The predicted molar refractivity (Wildman–Crippen MR) is 109 cm³/mol. The molecular weight excluding hydrogens is 382 g/mol. The molecule has 2 aromatic heterocycles. The number of hydrogen-bond donors (Lipinski definition) is 1. The van der Waals surface area contributed by atoms with Crippen molar-refractivity contribution in [2.24, 2.45) is 0 Å². The lowest BCUT2D eigenvalue weighted by molar-refractivity contribution is -0.113. The van der Waals surface area contributed by atoms with E-state index in [0.29, 0.717) is 22.5 Å². The van der Waals surface area contributed by atoms with Crippen molar-refractivity contribution in [2.75, 3.05) is 11.1 Å². The van der Waals surface area contributed by atoms with Crippen LogP contribution < -0.4 is 5.32 Å². The van der Waals surface area contributed by atoms with Crippen LogP contribution in [0.25, 0.3) is 11.4 Å². The Hall–Kier alpha value is -2.64. The number of nitrogens with one attached hydrogen (secondary N) is 1. The van der Waals surface area contributed by atoms with E-state index in [9.17, 15) is 4.79 Å². The SMILES string of the molecule is C=CCn1c(SCC(=O)Nc2ccc(Cl)cn2)nnc1-c1ccccc1C. The van der Waals surface area contributed by atoms with Gasteiger partial charge in [-0.25, -0.2) is 4.98 Å². The highest BCUT2D eigenvalue weighted by Crippen LogP contribution is 2.26. The number of carbonyl (C=O) groups excluding carboxylic acids is 1. The predicted octanol–water partition coefficient (Wildman–Crippen LogP) is 4.22. The van der Waals surface area contributed by atoms with E-state index in [-0.39, 0.29) is 11.7 Å². The first kappa shape index (κ1) is 19.1. The zero-order valence-corrected chi connectivity index (χ0v) is 16.3. The maximum atomic E-state index is 12.2. The van der Waals surface area contributed by atoms with Gasteiger partial charge in [-0.05, 0) is 24.6 Å². The Morgan fingerprint density at radius 1 is 1.30 bits per heavy atom. The Labute approximate surface area is 166 Å². The van der Waals surface area contributed by atoms with E-state index in [2.05, 4.69) is 27.1 Å². The Morgan fingerprint density at radius 2 is 2.11 bits per heavy atom. The molecule has 8 heteroatoms. The zero-order valence-electron chi connectivity index (χ0n) is 14.7. The summed E-state index contributed by atoms with van der Waals surface area (Å²) >= 11 is 7.11. The van der Waals surface area contributed by atoms with E-state index in [1.807, 2.05) is 35.8 Å². The first-order valence-corrected chi connectivity index (χ1v) is 9.59. The molecule has 1 amide bonds. The molecule has 27 heavy (non-hydrogen) atoms. The topological polar surface area (TPSA) is 72.7 Å². The largest absolute Gasteiger partial charge is 0.310 e. The molecule has 0 aliphatic heterocycles. The van der Waals surface area contributed by atoms with Crippen LogP contribution in [-0.2, 0) is 11.3 Å². The number of aromatic nitrogens is 4. The van der Waals surface area contributed by atoms with Gasteiger partial charge < -0.3 is 5.32 Å². The van der Waals surface area contributed by atoms with Crippen molar-refractivity contribution < 1.29 is 4.79 Å². The zero-order chi connectivity index (χ0) is 19.2. The van der Waals surface area contributed by atoms with Gasteiger partial charge in [-0.2, -0.15) is 0 Å². The molecule has 3 aromatic rings. The molecule has 2 heterocycles. The molecule has 0 aliphatic rings. The summed E-state index contributed by atoms with van der Waals surface area (Å²) in [5.74, 6) is 1.22. The number of pyridine rings is 1. The molecule has 0 bridgehead atoms. The number of allylic oxidation sites excluding steroid dienone is 1. The van der Waals surface area contributed by atoms with Gasteiger partial charge in [-0.15, -0.1) is 16.8 Å². The third-order valence-corrected chi connectivity index (χ3v) is 4.93. The molecule has 138 valence electrons. The van der Waals surface area contributed by atoms with Crippen LogP contribution in [0.15, 0.2) is 60.4 Å². The van der Waals surface area contributed by atoms with Crippen LogP contribution in [0, 0.1) is 6.92 Å². The van der Waals surface area contributed by atoms with Gasteiger partial charge in [0.15, 0.2) is 11.0 Å². The third kappa shape index (κ3) is 4.75. The molecule has 0 atom stereocenters. The van der Waals surface area contributed by atoms with E-state index in [1.54, 1.807) is 18.2 Å². The van der Waals surface area contributed by atoms with Gasteiger partial charge in [-0.1, -0.05) is 53.7 Å². The van der Waals surface area contributed by atoms with Gasteiger partial charge in [0.25, 0.3) is 0 Å². The van der Waals surface area contributed by atoms with Crippen LogP contribution >= 0.6 is 23.4 Å². The maximum absolute atomic E-state index is 12.2. The van der Waals surface area contributed by atoms with Gasteiger partial charge in [0, 0.05) is 18.3 Å². The van der Waals surface area contributed by atoms with Crippen LogP contribution in [0.4, 0.5) is 5.82 Å². The molecule has 0 saturated heterocycles. The number of hydrogen-bond acceptors (Lipinski definition) is 5. The van der Waals surface area contributed by atoms with E-state index in [4.69, 9.17) is 11.6 Å². The Balaban J connectivity index is 1.73. The van der Waals surface area contributed by atoms with Crippen LogP contribution in [0.1, 0.15) is 5.56 Å². The summed E-state index contributed by atoms with van der Waals surface area (Å²) in [7, 11) is 0. The average Bonchev–Trinajstić information content (AvgIpc) is 3.05.